The van der Waals surface area contributed by atoms with Gasteiger partial charge in [-0.25, -0.2) is 4.98 Å². The van der Waals surface area contributed by atoms with Crippen LogP contribution in [-0.2, 0) is 13.0 Å². The molecule has 2 rings (SSSR count). The van der Waals surface area contributed by atoms with Gasteiger partial charge in [-0.3, -0.25) is 0 Å². The van der Waals surface area contributed by atoms with E-state index in [9.17, 15) is 0 Å². The fraction of sp³-hybridized carbons (Fsp3) is 0.357. The minimum Gasteiger partial charge on any atom is -0.312 e. The van der Waals surface area contributed by atoms with Gasteiger partial charge in [0.1, 0.15) is 0 Å². The van der Waals surface area contributed by atoms with Crippen molar-refractivity contribution in [1.82, 2.24) is 10.3 Å². The number of rotatable bonds is 5. The molecular weight excluding hydrogens is 228 g/mol. The number of benzene rings is 1. The number of aromatic nitrogens is 1. The molecule has 2 aromatic rings. The smallest absolute Gasteiger partial charge is 0.0975 e. The van der Waals surface area contributed by atoms with Gasteiger partial charge in [0, 0.05) is 17.8 Å². The summed E-state index contributed by atoms with van der Waals surface area (Å²) in [7, 11) is 0. The van der Waals surface area contributed by atoms with Crippen molar-refractivity contribution in [2.24, 2.45) is 0 Å². The molecule has 0 atom stereocenters. The molecule has 0 spiro atoms. The minimum atomic E-state index is 0.939. The van der Waals surface area contributed by atoms with E-state index in [-0.39, 0.29) is 0 Å². The number of thiazole rings is 1. The summed E-state index contributed by atoms with van der Waals surface area (Å²) in [4.78, 5) is 6.00. The van der Waals surface area contributed by atoms with Crippen molar-refractivity contribution in [3.05, 3.63) is 51.5 Å². The van der Waals surface area contributed by atoms with E-state index in [1.807, 2.05) is 17.4 Å². The van der Waals surface area contributed by atoms with Gasteiger partial charge in [-0.2, -0.15) is 0 Å². The zero-order valence-electron chi connectivity index (χ0n) is 10.4. The first kappa shape index (κ1) is 12.3. The quantitative estimate of drug-likeness (QED) is 0.876. The topological polar surface area (TPSA) is 24.9 Å². The van der Waals surface area contributed by atoms with Crippen LogP contribution in [-0.4, -0.2) is 11.5 Å². The van der Waals surface area contributed by atoms with Crippen LogP contribution >= 0.6 is 11.3 Å². The summed E-state index contributed by atoms with van der Waals surface area (Å²) in [6.45, 7) is 6.17. The van der Waals surface area contributed by atoms with Crippen LogP contribution in [0, 0.1) is 6.92 Å². The zero-order chi connectivity index (χ0) is 12.1. The van der Waals surface area contributed by atoms with E-state index in [0.717, 1.165) is 19.5 Å². The van der Waals surface area contributed by atoms with Crippen LogP contribution in [0.2, 0.25) is 0 Å². The molecule has 90 valence electrons. The second-order valence-corrected chi connectivity index (χ2v) is 5.23. The highest BCUT2D eigenvalue weighted by molar-refractivity contribution is 7.11. The Morgan fingerprint density at radius 1 is 1.24 bits per heavy atom. The second kappa shape index (κ2) is 5.94. The van der Waals surface area contributed by atoms with Gasteiger partial charge in [-0.05, 0) is 19.0 Å². The molecule has 0 saturated carbocycles. The normalized spacial score (nSPS) is 10.7. The first-order valence-electron chi connectivity index (χ1n) is 5.99. The number of nitrogens with zero attached hydrogens (tertiary/aromatic N) is 1. The highest BCUT2D eigenvalue weighted by Crippen LogP contribution is 2.20. The summed E-state index contributed by atoms with van der Waals surface area (Å²) >= 11 is 1.82. The van der Waals surface area contributed by atoms with Crippen LogP contribution < -0.4 is 5.32 Å². The molecule has 0 aliphatic heterocycles. The first-order chi connectivity index (χ1) is 8.29. The van der Waals surface area contributed by atoms with E-state index >= 15 is 0 Å². The molecule has 1 aromatic heterocycles. The Kier molecular flexibility index (Phi) is 4.29. The van der Waals surface area contributed by atoms with Crippen LogP contribution in [0.3, 0.4) is 0 Å². The van der Waals surface area contributed by atoms with Crippen molar-refractivity contribution < 1.29 is 0 Å². The first-order valence-corrected chi connectivity index (χ1v) is 6.81. The van der Waals surface area contributed by atoms with E-state index in [0.29, 0.717) is 0 Å². The Morgan fingerprint density at radius 3 is 2.71 bits per heavy atom. The predicted octanol–water partition coefficient (Wildman–Crippen LogP) is 3.15. The van der Waals surface area contributed by atoms with Crippen molar-refractivity contribution >= 4 is 11.3 Å². The molecule has 0 unspecified atom stereocenters. The lowest BCUT2D eigenvalue weighted by atomic mass is 10.2. The average molecular weight is 246 g/mol. The third kappa shape index (κ3) is 3.38. The Balaban J connectivity index is 2.07. The maximum atomic E-state index is 4.64. The van der Waals surface area contributed by atoms with Crippen LogP contribution in [0.25, 0.3) is 0 Å². The molecule has 1 heterocycles. The van der Waals surface area contributed by atoms with E-state index < -0.39 is 0 Å². The summed E-state index contributed by atoms with van der Waals surface area (Å²) in [6, 6.07) is 10.5. The molecule has 0 radical (unpaired) electrons. The summed E-state index contributed by atoms with van der Waals surface area (Å²) in [5.74, 6) is 0. The Labute approximate surface area is 107 Å². The van der Waals surface area contributed by atoms with Crippen molar-refractivity contribution in [3.63, 3.8) is 0 Å². The summed E-state index contributed by atoms with van der Waals surface area (Å²) in [5.41, 5.74) is 2.50. The largest absolute Gasteiger partial charge is 0.312 e. The van der Waals surface area contributed by atoms with Gasteiger partial charge in [-0.15, -0.1) is 11.3 Å². The molecule has 0 fully saturated rings. The van der Waals surface area contributed by atoms with Gasteiger partial charge < -0.3 is 5.32 Å². The van der Waals surface area contributed by atoms with Gasteiger partial charge in [0.05, 0.1) is 10.7 Å². The van der Waals surface area contributed by atoms with Crippen LogP contribution in [0.5, 0.6) is 0 Å². The maximum Gasteiger partial charge on any atom is 0.0975 e. The molecule has 1 N–H and O–H groups in total. The number of nitrogens with one attached hydrogen (secondary N) is 1. The second-order valence-electron chi connectivity index (χ2n) is 4.06. The molecule has 0 bridgehead atoms. The third-order valence-corrected chi connectivity index (χ3v) is 3.83. The summed E-state index contributed by atoms with van der Waals surface area (Å²) in [6.07, 6.45) is 0.943. The monoisotopic (exact) mass is 246 g/mol. The lowest BCUT2D eigenvalue weighted by Gasteiger charge is -1.97. The van der Waals surface area contributed by atoms with Crippen molar-refractivity contribution in [2.45, 2.75) is 26.8 Å². The van der Waals surface area contributed by atoms with Crippen molar-refractivity contribution in [3.8, 4) is 0 Å². The van der Waals surface area contributed by atoms with Crippen LogP contribution in [0.4, 0.5) is 0 Å². The SMILES string of the molecule is CCNCc1sc(Cc2ccccc2)nc1C. The summed E-state index contributed by atoms with van der Waals surface area (Å²) < 4.78 is 0. The zero-order valence-corrected chi connectivity index (χ0v) is 11.2. The van der Waals surface area contributed by atoms with E-state index in [1.54, 1.807) is 0 Å². The predicted molar refractivity (Wildman–Crippen MR) is 73.5 cm³/mol. The minimum absolute atomic E-state index is 0.939. The molecule has 0 aliphatic rings. The molecular formula is C14H18N2S. The van der Waals surface area contributed by atoms with Crippen LogP contribution in [0.15, 0.2) is 30.3 Å². The molecule has 0 aliphatic carbocycles. The molecule has 1 aromatic carbocycles. The average Bonchev–Trinajstić information content (AvgIpc) is 2.68. The standard InChI is InChI=1S/C14H18N2S/c1-3-15-10-13-11(2)16-14(17-13)9-12-7-5-4-6-8-12/h4-8,15H,3,9-10H2,1-2H3. The van der Waals surface area contributed by atoms with Crippen molar-refractivity contribution in [1.29, 1.82) is 0 Å². The third-order valence-electron chi connectivity index (χ3n) is 2.67. The highest BCUT2D eigenvalue weighted by Gasteiger charge is 2.07. The molecule has 3 heteroatoms. The lowest BCUT2D eigenvalue weighted by molar-refractivity contribution is 0.731. The molecule has 17 heavy (non-hydrogen) atoms. The lowest BCUT2D eigenvalue weighted by Crippen LogP contribution is -2.11. The van der Waals surface area contributed by atoms with Gasteiger partial charge in [-0.1, -0.05) is 37.3 Å². The molecule has 2 nitrogen and oxygen atoms in total. The Hall–Kier alpha value is -1.19. The van der Waals surface area contributed by atoms with Crippen LogP contribution in [0.1, 0.15) is 28.1 Å². The van der Waals surface area contributed by atoms with E-state index in [4.69, 9.17) is 0 Å². The maximum absolute atomic E-state index is 4.64. The van der Waals surface area contributed by atoms with E-state index in [2.05, 4.69) is 48.4 Å². The van der Waals surface area contributed by atoms with E-state index in [1.165, 1.54) is 21.1 Å². The number of aryl methyl sites for hydroxylation is 1. The van der Waals surface area contributed by atoms with Crippen molar-refractivity contribution in [2.75, 3.05) is 6.54 Å². The Morgan fingerprint density at radius 2 is 2.00 bits per heavy atom. The highest BCUT2D eigenvalue weighted by atomic mass is 32.1. The molecule has 0 saturated heterocycles. The summed E-state index contributed by atoms with van der Waals surface area (Å²) in [5, 5.41) is 4.56. The number of hydrogen-bond acceptors (Lipinski definition) is 3. The Bertz CT molecular complexity index is 462. The fourth-order valence-electron chi connectivity index (χ4n) is 1.74. The van der Waals surface area contributed by atoms with Gasteiger partial charge in [0.2, 0.25) is 0 Å². The van der Waals surface area contributed by atoms with Gasteiger partial charge in [0.25, 0.3) is 0 Å². The van der Waals surface area contributed by atoms with Gasteiger partial charge in [0.15, 0.2) is 0 Å². The number of hydrogen-bond donors (Lipinski definition) is 1. The van der Waals surface area contributed by atoms with Gasteiger partial charge >= 0.3 is 0 Å². The fourth-order valence-corrected chi connectivity index (χ4v) is 2.81. The molecule has 0 amide bonds.